The predicted molar refractivity (Wildman–Crippen MR) is 299 cm³/mol. The van der Waals surface area contributed by atoms with Gasteiger partial charge in [0.05, 0.1) is 41.4 Å². The van der Waals surface area contributed by atoms with Crippen molar-refractivity contribution >= 4 is 97.1 Å². The van der Waals surface area contributed by atoms with E-state index in [4.69, 9.17) is 19.9 Å². The Labute approximate surface area is 466 Å². The number of anilines is 4. The fourth-order valence-corrected chi connectivity index (χ4v) is 11.6. The monoisotopic (exact) mass is 1100 g/mol. The average Bonchev–Trinajstić information content (AvgIpc) is 4.23. The molecule has 81 heavy (non-hydrogen) atoms. The molecule has 2 saturated carbocycles. The lowest BCUT2D eigenvalue weighted by Crippen LogP contribution is -2.38. The number of esters is 1. The van der Waals surface area contributed by atoms with Crippen molar-refractivity contribution in [3.63, 3.8) is 0 Å². The van der Waals surface area contributed by atoms with Crippen LogP contribution in [0.5, 0.6) is 0 Å². The molecule has 3 amide bonds. The van der Waals surface area contributed by atoms with Crippen LogP contribution in [0.2, 0.25) is 0 Å². The molecule has 23 heteroatoms. The van der Waals surface area contributed by atoms with Crippen LogP contribution in [0.4, 0.5) is 23.5 Å². The molecule has 4 N–H and O–H groups in total. The van der Waals surface area contributed by atoms with Crippen LogP contribution in [-0.4, -0.2) is 120 Å². The summed E-state index contributed by atoms with van der Waals surface area (Å²) in [4.78, 5) is 98.7. The summed E-state index contributed by atoms with van der Waals surface area (Å²) in [6.07, 6.45) is 22.8. The number of fused-ring (bicyclic) bond motifs is 8. The van der Waals surface area contributed by atoms with Gasteiger partial charge in [0.15, 0.2) is 6.61 Å². The Kier molecular flexibility index (Phi) is 16.1. The number of rotatable bonds is 10. The Morgan fingerprint density at radius 2 is 1.19 bits per heavy atom. The van der Waals surface area contributed by atoms with Crippen LogP contribution in [-0.2, 0) is 59.5 Å². The van der Waals surface area contributed by atoms with E-state index >= 15 is 0 Å². The normalized spacial score (nSPS) is 19.8. The van der Waals surface area contributed by atoms with Crippen LogP contribution in [0, 0.1) is 11.8 Å². The van der Waals surface area contributed by atoms with Gasteiger partial charge >= 0.3 is 11.9 Å². The zero-order chi connectivity index (χ0) is 56.1. The maximum Gasteiger partial charge on any atom is 0.370 e. The van der Waals surface area contributed by atoms with Gasteiger partial charge in [-0.05, 0) is 118 Å². The summed E-state index contributed by atoms with van der Waals surface area (Å²) in [6.45, 7) is 7.53. The van der Waals surface area contributed by atoms with Gasteiger partial charge in [0.1, 0.15) is 29.5 Å². The lowest BCUT2D eigenvalue weighted by Gasteiger charge is -2.28. The minimum Gasteiger partial charge on any atom is -0.454 e. The fraction of sp³-hybridized carbons (Fsp3) is 0.431. The maximum absolute atomic E-state index is 11.9. The molecular weight excluding hydrogens is 1030 g/mol. The SMILES string of the molecule is CC(=O)OCC(=O)ON1C(=O)CCC1=O.CC1CCC(n2c3cnccc3c3cnc(Nc4ccc5c(n4)CN(C(=O)CO)CC5)nc32)CC1.CC1CCC(n2c3cnccc3c3cnc(Nc4ccc5c(n4)CNCC5)nc32)CC1. The molecule has 420 valence electrons. The Bertz CT molecular complexity index is 3660. The second kappa shape index (κ2) is 24.0. The predicted octanol–water partition coefficient (Wildman–Crippen LogP) is 7.42. The number of ether oxygens (including phenoxy) is 1. The number of aromatic nitrogens is 10. The minimum absolute atomic E-state index is 0.0275. The van der Waals surface area contributed by atoms with Gasteiger partial charge in [-0.25, -0.2) is 24.7 Å². The number of aliphatic hydroxyl groups is 1. The second-order valence-electron chi connectivity index (χ2n) is 21.5. The molecule has 23 nitrogen and oxygen atoms in total. The van der Waals surface area contributed by atoms with E-state index in [-0.39, 0.29) is 18.7 Å². The van der Waals surface area contributed by atoms with E-state index in [1.165, 1.54) is 49.5 Å². The first-order valence-electron chi connectivity index (χ1n) is 27.9. The highest BCUT2D eigenvalue weighted by molar-refractivity contribution is 6.07. The van der Waals surface area contributed by atoms with Crippen molar-refractivity contribution in [1.82, 2.24) is 64.3 Å². The minimum atomic E-state index is -0.964. The molecule has 0 unspecified atom stereocenters. The first kappa shape index (κ1) is 54.4. The quantitative estimate of drug-likeness (QED) is 0.0765. The van der Waals surface area contributed by atoms with Gasteiger partial charge in [-0.2, -0.15) is 9.97 Å². The van der Waals surface area contributed by atoms with Crippen molar-refractivity contribution in [2.24, 2.45) is 11.8 Å². The van der Waals surface area contributed by atoms with Gasteiger partial charge in [0, 0.05) is 91.3 Å². The van der Waals surface area contributed by atoms with Crippen molar-refractivity contribution in [3.8, 4) is 0 Å². The van der Waals surface area contributed by atoms with E-state index in [9.17, 15) is 29.1 Å². The summed E-state index contributed by atoms with van der Waals surface area (Å²) in [5, 5.41) is 24.0. The van der Waals surface area contributed by atoms with E-state index in [2.05, 4.69) is 80.6 Å². The molecule has 8 aromatic heterocycles. The number of nitrogens with zero attached hydrogens (tertiary/aromatic N) is 12. The number of nitrogens with one attached hydrogen (secondary N) is 3. The molecule has 0 radical (unpaired) electrons. The van der Waals surface area contributed by atoms with E-state index in [0.29, 0.717) is 48.0 Å². The first-order valence-corrected chi connectivity index (χ1v) is 27.9. The van der Waals surface area contributed by atoms with E-state index in [1.807, 2.05) is 61.4 Å². The van der Waals surface area contributed by atoms with Gasteiger partial charge in [0.25, 0.3) is 11.8 Å². The van der Waals surface area contributed by atoms with E-state index in [1.54, 1.807) is 4.90 Å². The Hall–Kier alpha value is -8.57. The van der Waals surface area contributed by atoms with Crippen LogP contribution in [0.3, 0.4) is 0 Å². The Balaban J connectivity index is 0.000000138. The molecule has 5 aliphatic rings. The van der Waals surface area contributed by atoms with Crippen molar-refractivity contribution in [2.45, 2.75) is 123 Å². The summed E-state index contributed by atoms with van der Waals surface area (Å²) < 4.78 is 9.08. The standard InChI is InChI=1S/C26H29N7O2.C24H27N7.C8H9NO6/c1-16-2-5-18(6-3-16)33-22-13-27-10-8-19(22)20-12-28-26(31-25(20)33)30-23-7-4-17-9-11-32(24(35)15-34)14-21(17)29-23;1-15-2-5-17(6-3-15)31-21-14-26-11-9-18(21)19-12-27-24(30-23(19)31)29-22-7-4-16-8-10-25-13-20(16)28-22;1-5(10)14-4-8(13)15-9-6(11)2-3-7(9)12/h4,7-8,10,12-13,16,18,34H,2-3,5-6,9,11,14-15H2,1H3,(H,28,29,30,31);4,7,9,11-12,14-15,17,25H,2-3,5-6,8,10,13H2,1H3,(H,27,28,29,30);2-4H2,1H3. The number of imide groups is 1. The van der Waals surface area contributed by atoms with Crippen LogP contribution in [0.25, 0.3) is 43.9 Å². The highest BCUT2D eigenvalue weighted by Crippen LogP contribution is 2.40. The zero-order valence-corrected chi connectivity index (χ0v) is 45.6. The summed E-state index contributed by atoms with van der Waals surface area (Å²) in [5.74, 6) is 1.04. The number of hydrogen-bond donors (Lipinski definition) is 4. The number of carbonyl (C=O) groups excluding carboxylic acids is 5. The fourth-order valence-electron chi connectivity index (χ4n) is 11.6. The molecule has 11 heterocycles. The van der Waals surface area contributed by atoms with Crippen LogP contribution in [0.15, 0.2) is 73.6 Å². The largest absolute Gasteiger partial charge is 0.454 e. The number of carbonyl (C=O) groups is 5. The Morgan fingerprint density at radius 3 is 1.72 bits per heavy atom. The molecule has 0 atom stereocenters. The number of hydroxylamine groups is 2. The van der Waals surface area contributed by atoms with Crippen LogP contribution in [0.1, 0.15) is 120 Å². The second-order valence-corrected chi connectivity index (χ2v) is 21.5. The van der Waals surface area contributed by atoms with Crippen molar-refractivity contribution in [3.05, 3.63) is 96.1 Å². The third kappa shape index (κ3) is 12.0. The molecule has 13 rings (SSSR count). The molecule has 0 aromatic carbocycles. The zero-order valence-electron chi connectivity index (χ0n) is 45.6. The third-order valence-electron chi connectivity index (χ3n) is 15.9. The molecule has 8 aromatic rings. The van der Waals surface area contributed by atoms with Gasteiger partial charge in [-0.15, -0.1) is 5.06 Å². The highest BCUT2D eigenvalue weighted by atomic mass is 16.7. The van der Waals surface area contributed by atoms with Gasteiger partial charge < -0.3 is 44.7 Å². The van der Waals surface area contributed by atoms with E-state index in [0.717, 1.165) is 119 Å². The lowest BCUT2D eigenvalue weighted by atomic mass is 9.87. The third-order valence-corrected chi connectivity index (χ3v) is 15.9. The number of amides is 3. The summed E-state index contributed by atoms with van der Waals surface area (Å²) >= 11 is 0. The van der Waals surface area contributed by atoms with Crippen LogP contribution < -0.4 is 16.0 Å². The molecule has 1 saturated heterocycles. The molecule has 3 aliphatic heterocycles. The highest BCUT2D eigenvalue weighted by Gasteiger charge is 2.33. The Morgan fingerprint density at radius 1 is 0.654 bits per heavy atom. The van der Waals surface area contributed by atoms with Crippen LogP contribution >= 0.6 is 0 Å². The number of hydrogen-bond acceptors (Lipinski definition) is 19. The molecular formula is C58H65N15O8. The van der Waals surface area contributed by atoms with Gasteiger partial charge in [-0.3, -0.25) is 29.1 Å². The molecule has 3 fully saturated rings. The average molecular weight is 1100 g/mol. The maximum atomic E-state index is 11.9. The summed E-state index contributed by atoms with van der Waals surface area (Å²) in [5.41, 5.74) is 8.54. The number of pyridine rings is 4. The van der Waals surface area contributed by atoms with Gasteiger partial charge in [0.2, 0.25) is 17.8 Å². The van der Waals surface area contributed by atoms with Crippen molar-refractivity contribution in [2.75, 3.05) is 36.9 Å². The van der Waals surface area contributed by atoms with Gasteiger partial charge in [-0.1, -0.05) is 26.0 Å². The topological polar surface area (TPSA) is 280 Å². The van der Waals surface area contributed by atoms with Crippen molar-refractivity contribution in [1.29, 1.82) is 0 Å². The molecule has 0 bridgehead atoms. The molecule has 0 spiro atoms. The van der Waals surface area contributed by atoms with Crippen molar-refractivity contribution < 1.29 is 38.7 Å². The summed E-state index contributed by atoms with van der Waals surface area (Å²) in [7, 11) is 0. The first-order chi connectivity index (χ1) is 39.4. The van der Waals surface area contributed by atoms with E-state index < -0.39 is 37.0 Å². The molecule has 2 aliphatic carbocycles. The lowest BCUT2D eigenvalue weighted by molar-refractivity contribution is -0.200. The smallest absolute Gasteiger partial charge is 0.370 e. The number of aliphatic hydroxyl groups excluding tert-OH is 1. The summed E-state index contributed by atoms with van der Waals surface area (Å²) in [6, 6.07) is 13.1.